The molecule has 0 aliphatic heterocycles. The molecule has 0 saturated heterocycles. The van der Waals surface area contributed by atoms with Crippen molar-refractivity contribution in [3.05, 3.63) is 12.3 Å². The SMILES string of the molecule is COCn1nccc1S(N)(=O)=O. The Morgan fingerprint density at radius 3 is 2.92 bits per heavy atom. The van der Waals surface area contributed by atoms with E-state index < -0.39 is 10.0 Å². The maximum Gasteiger partial charge on any atom is 0.255 e. The molecule has 0 bridgehead atoms. The van der Waals surface area contributed by atoms with E-state index in [4.69, 9.17) is 9.88 Å². The molecule has 0 radical (unpaired) electrons. The number of hydrogen-bond donors (Lipinski definition) is 1. The summed E-state index contributed by atoms with van der Waals surface area (Å²) in [7, 11) is -2.25. The predicted molar refractivity (Wildman–Crippen MR) is 40.6 cm³/mol. The predicted octanol–water partition coefficient (Wildman–Crippen LogP) is -0.866. The van der Waals surface area contributed by atoms with Gasteiger partial charge in [0.2, 0.25) is 0 Å². The summed E-state index contributed by atoms with van der Waals surface area (Å²) < 4.78 is 27.6. The van der Waals surface area contributed by atoms with Gasteiger partial charge in [-0.1, -0.05) is 0 Å². The van der Waals surface area contributed by atoms with Gasteiger partial charge in [-0.25, -0.2) is 18.2 Å². The first kappa shape index (κ1) is 9.17. The number of ether oxygens (including phenoxy) is 1. The molecule has 0 aromatic carbocycles. The molecule has 0 aliphatic rings. The normalized spacial score (nSPS) is 11.8. The summed E-state index contributed by atoms with van der Waals surface area (Å²) in [5.74, 6) is 0. The largest absolute Gasteiger partial charge is 0.362 e. The van der Waals surface area contributed by atoms with Crippen molar-refractivity contribution in [2.75, 3.05) is 7.11 Å². The molecule has 1 heterocycles. The number of aromatic nitrogens is 2. The van der Waals surface area contributed by atoms with E-state index in [2.05, 4.69) is 5.10 Å². The minimum absolute atomic E-state index is 0.0515. The molecule has 0 aliphatic carbocycles. The summed E-state index contributed by atoms with van der Waals surface area (Å²) >= 11 is 0. The number of hydrogen-bond acceptors (Lipinski definition) is 4. The summed E-state index contributed by atoms with van der Waals surface area (Å²) in [6.45, 7) is 0.0682. The molecular formula is C5H9N3O3S. The average Bonchev–Trinajstić information content (AvgIpc) is 2.34. The first-order chi connectivity index (χ1) is 5.55. The molecule has 0 spiro atoms. The number of methoxy groups -OCH3 is 1. The zero-order chi connectivity index (χ0) is 9.19. The summed E-state index contributed by atoms with van der Waals surface area (Å²) in [6.07, 6.45) is 1.35. The van der Waals surface area contributed by atoms with E-state index in [0.717, 1.165) is 4.68 Å². The van der Waals surface area contributed by atoms with Crippen molar-refractivity contribution in [3.8, 4) is 0 Å². The highest BCUT2D eigenvalue weighted by Crippen LogP contribution is 2.04. The van der Waals surface area contributed by atoms with Crippen molar-refractivity contribution >= 4 is 10.0 Å². The van der Waals surface area contributed by atoms with Gasteiger partial charge in [-0.3, -0.25) is 0 Å². The van der Waals surface area contributed by atoms with Crippen LogP contribution < -0.4 is 5.14 Å². The molecule has 0 atom stereocenters. The minimum atomic E-state index is -3.69. The lowest BCUT2D eigenvalue weighted by Crippen LogP contribution is -2.18. The molecule has 0 unspecified atom stereocenters. The van der Waals surface area contributed by atoms with Gasteiger partial charge in [-0.2, -0.15) is 5.10 Å². The Hall–Kier alpha value is -0.920. The van der Waals surface area contributed by atoms with Crippen LogP contribution in [0.5, 0.6) is 0 Å². The van der Waals surface area contributed by atoms with Gasteiger partial charge in [-0.05, 0) is 6.07 Å². The number of nitrogens with zero attached hydrogens (tertiary/aromatic N) is 2. The van der Waals surface area contributed by atoms with E-state index >= 15 is 0 Å². The number of rotatable bonds is 3. The Kier molecular flexibility index (Phi) is 2.46. The van der Waals surface area contributed by atoms with Gasteiger partial charge in [0.15, 0.2) is 5.03 Å². The highest BCUT2D eigenvalue weighted by Gasteiger charge is 2.13. The molecule has 0 fully saturated rings. The lowest BCUT2D eigenvalue weighted by atomic mass is 10.7. The van der Waals surface area contributed by atoms with Crippen LogP contribution >= 0.6 is 0 Å². The molecule has 0 saturated carbocycles. The minimum Gasteiger partial charge on any atom is -0.362 e. The van der Waals surface area contributed by atoms with E-state index in [9.17, 15) is 8.42 Å². The smallest absolute Gasteiger partial charge is 0.255 e. The number of sulfonamides is 1. The summed E-state index contributed by atoms with van der Waals surface area (Å²) in [5, 5.41) is 8.54. The van der Waals surface area contributed by atoms with Crippen LogP contribution in [0.15, 0.2) is 17.3 Å². The highest BCUT2D eigenvalue weighted by atomic mass is 32.2. The van der Waals surface area contributed by atoms with Crippen molar-refractivity contribution in [3.63, 3.8) is 0 Å². The van der Waals surface area contributed by atoms with Crippen molar-refractivity contribution in [1.29, 1.82) is 0 Å². The Bertz CT molecular complexity index is 356. The first-order valence-electron chi connectivity index (χ1n) is 3.09. The molecule has 7 heteroatoms. The summed E-state index contributed by atoms with van der Waals surface area (Å²) in [6, 6.07) is 1.31. The maximum atomic E-state index is 10.9. The van der Waals surface area contributed by atoms with Crippen molar-refractivity contribution in [2.24, 2.45) is 5.14 Å². The van der Waals surface area contributed by atoms with E-state index in [0.29, 0.717) is 0 Å². The van der Waals surface area contributed by atoms with Gasteiger partial charge in [-0.15, -0.1) is 0 Å². The lowest BCUT2D eigenvalue weighted by molar-refractivity contribution is 0.113. The zero-order valence-electron chi connectivity index (χ0n) is 6.47. The van der Waals surface area contributed by atoms with Crippen LogP contribution in [0.1, 0.15) is 0 Å². The van der Waals surface area contributed by atoms with Crippen LogP contribution in [0.25, 0.3) is 0 Å². The van der Waals surface area contributed by atoms with Crippen molar-refractivity contribution in [2.45, 2.75) is 11.8 Å². The molecule has 68 valence electrons. The average molecular weight is 191 g/mol. The summed E-state index contributed by atoms with van der Waals surface area (Å²) in [4.78, 5) is 0. The molecular weight excluding hydrogens is 182 g/mol. The van der Waals surface area contributed by atoms with E-state index in [-0.39, 0.29) is 11.8 Å². The maximum absolute atomic E-state index is 10.9. The fourth-order valence-corrected chi connectivity index (χ4v) is 1.43. The van der Waals surface area contributed by atoms with Crippen LogP contribution in [0.2, 0.25) is 0 Å². The monoisotopic (exact) mass is 191 g/mol. The second-order valence-corrected chi connectivity index (χ2v) is 3.64. The van der Waals surface area contributed by atoms with Crippen LogP contribution in [0.3, 0.4) is 0 Å². The van der Waals surface area contributed by atoms with Crippen LogP contribution in [0, 0.1) is 0 Å². The Morgan fingerprint density at radius 2 is 2.42 bits per heavy atom. The van der Waals surface area contributed by atoms with Crippen molar-refractivity contribution < 1.29 is 13.2 Å². The quantitative estimate of drug-likeness (QED) is 0.673. The van der Waals surface area contributed by atoms with Crippen LogP contribution in [-0.2, 0) is 21.5 Å². The molecule has 1 aromatic heterocycles. The summed E-state index contributed by atoms with van der Waals surface area (Å²) in [5.41, 5.74) is 0. The van der Waals surface area contributed by atoms with Crippen LogP contribution in [-0.4, -0.2) is 25.3 Å². The van der Waals surface area contributed by atoms with E-state index in [1.807, 2.05) is 0 Å². The van der Waals surface area contributed by atoms with Gasteiger partial charge in [0.25, 0.3) is 10.0 Å². The van der Waals surface area contributed by atoms with E-state index in [1.165, 1.54) is 19.4 Å². The molecule has 6 nitrogen and oxygen atoms in total. The third kappa shape index (κ3) is 1.81. The lowest BCUT2D eigenvalue weighted by Gasteiger charge is -2.02. The Balaban J connectivity index is 3.08. The van der Waals surface area contributed by atoms with Gasteiger partial charge in [0.1, 0.15) is 6.73 Å². The number of nitrogens with two attached hydrogens (primary N) is 1. The second kappa shape index (κ2) is 3.21. The van der Waals surface area contributed by atoms with Gasteiger partial charge < -0.3 is 4.74 Å². The highest BCUT2D eigenvalue weighted by molar-refractivity contribution is 7.89. The third-order valence-corrected chi connectivity index (χ3v) is 2.15. The third-order valence-electron chi connectivity index (χ3n) is 1.22. The topological polar surface area (TPSA) is 87.2 Å². The van der Waals surface area contributed by atoms with Gasteiger partial charge in [0, 0.05) is 7.11 Å². The van der Waals surface area contributed by atoms with Gasteiger partial charge >= 0.3 is 0 Å². The standard InChI is InChI=1S/C5H9N3O3S/c1-11-4-8-5(2-3-7-8)12(6,9)10/h2-3H,4H2,1H3,(H2,6,9,10). The fourth-order valence-electron chi connectivity index (χ4n) is 0.781. The Labute approximate surface area is 70.0 Å². The molecule has 0 amide bonds. The molecule has 2 N–H and O–H groups in total. The Morgan fingerprint density at radius 1 is 1.75 bits per heavy atom. The van der Waals surface area contributed by atoms with E-state index in [1.54, 1.807) is 0 Å². The first-order valence-corrected chi connectivity index (χ1v) is 4.64. The van der Waals surface area contributed by atoms with Crippen molar-refractivity contribution in [1.82, 2.24) is 9.78 Å². The van der Waals surface area contributed by atoms with Crippen LogP contribution in [0.4, 0.5) is 0 Å². The molecule has 1 aromatic rings. The van der Waals surface area contributed by atoms with Gasteiger partial charge in [0.05, 0.1) is 6.20 Å². The molecule has 1 rings (SSSR count). The second-order valence-electron chi connectivity index (χ2n) is 2.13. The number of primary sulfonamides is 1. The molecule has 12 heavy (non-hydrogen) atoms. The fraction of sp³-hybridized carbons (Fsp3) is 0.400. The zero-order valence-corrected chi connectivity index (χ0v) is 7.28.